The Bertz CT molecular complexity index is 450. The van der Waals surface area contributed by atoms with Crippen LogP contribution in [0.5, 0.6) is 0 Å². The van der Waals surface area contributed by atoms with Crippen LogP contribution in [0.1, 0.15) is 45.4 Å². The summed E-state index contributed by atoms with van der Waals surface area (Å²) in [7, 11) is 2.29. The quantitative estimate of drug-likeness (QED) is 0.873. The number of anilines is 2. The van der Waals surface area contributed by atoms with E-state index < -0.39 is 0 Å². The monoisotopic (exact) mass is 289 g/mol. The van der Waals surface area contributed by atoms with Crippen LogP contribution in [-0.4, -0.2) is 46.6 Å². The highest BCUT2D eigenvalue weighted by molar-refractivity contribution is 5.47. The van der Waals surface area contributed by atoms with Crippen LogP contribution in [0.15, 0.2) is 12.4 Å². The molecule has 2 N–H and O–H groups in total. The topological polar surface area (TPSA) is 53.1 Å². The zero-order valence-electron chi connectivity index (χ0n) is 13.2. The molecular formula is C16H27N5. The Morgan fingerprint density at radius 1 is 1.19 bits per heavy atom. The van der Waals surface area contributed by atoms with Crippen LogP contribution in [0.3, 0.4) is 0 Å². The molecule has 3 heterocycles. The van der Waals surface area contributed by atoms with Crippen molar-refractivity contribution in [3.05, 3.63) is 12.4 Å². The molecule has 5 nitrogen and oxygen atoms in total. The molecule has 0 aromatic carbocycles. The van der Waals surface area contributed by atoms with Gasteiger partial charge in [-0.2, -0.15) is 0 Å². The van der Waals surface area contributed by atoms with Crippen LogP contribution in [-0.2, 0) is 0 Å². The Hall–Kier alpha value is -1.36. The standard InChI is InChI=1S/C16H27N5/c1-3-7-17-15-10-16(19-11-18-15)20-12-8-13-5-4-6-14(9-12)21(13)2/h10-14H,3-9H2,1-2H3,(H2,17,18,19,20). The minimum absolute atomic E-state index is 0.547. The third-order valence-corrected chi connectivity index (χ3v) is 4.92. The zero-order valence-corrected chi connectivity index (χ0v) is 13.2. The Labute approximate surface area is 127 Å². The first-order valence-corrected chi connectivity index (χ1v) is 8.30. The van der Waals surface area contributed by atoms with Crippen molar-refractivity contribution in [3.63, 3.8) is 0 Å². The third-order valence-electron chi connectivity index (χ3n) is 4.92. The van der Waals surface area contributed by atoms with Crippen LogP contribution >= 0.6 is 0 Å². The first kappa shape index (κ1) is 14.6. The number of hydrogen-bond acceptors (Lipinski definition) is 5. The van der Waals surface area contributed by atoms with Crippen LogP contribution < -0.4 is 10.6 Å². The minimum Gasteiger partial charge on any atom is -0.370 e. The van der Waals surface area contributed by atoms with Gasteiger partial charge in [0.1, 0.15) is 18.0 Å². The van der Waals surface area contributed by atoms with E-state index in [1.54, 1.807) is 6.33 Å². The van der Waals surface area contributed by atoms with Gasteiger partial charge >= 0.3 is 0 Å². The van der Waals surface area contributed by atoms with Gasteiger partial charge in [0.15, 0.2) is 0 Å². The lowest BCUT2D eigenvalue weighted by atomic mass is 9.82. The number of hydrogen-bond donors (Lipinski definition) is 2. The molecule has 2 bridgehead atoms. The molecule has 2 fully saturated rings. The van der Waals surface area contributed by atoms with Crippen LogP contribution in [0, 0.1) is 0 Å². The SMILES string of the molecule is CCCNc1cc(NC2CC3CCCC(C2)N3C)ncn1. The van der Waals surface area contributed by atoms with Gasteiger partial charge in [0.05, 0.1) is 0 Å². The molecule has 0 spiro atoms. The van der Waals surface area contributed by atoms with Crippen molar-refractivity contribution in [2.45, 2.75) is 63.6 Å². The summed E-state index contributed by atoms with van der Waals surface area (Å²) in [5.41, 5.74) is 0. The molecule has 0 saturated carbocycles. The first-order valence-electron chi connectivity index (χ1n) is 8.30. The van der Waals surface area contributed by atoms with E-state index in [9.17, 15) is 0 Å². The number of nitrogens with one attached hydrogen (secondary N) is 2. The van der Waals surface area contributed by atoms with Crippen molar-refractivity contribution in [2.24, 2.45) is 0 Å². The molecule has 21 heavy (non-hydrogen) atoms. The number of aromatic nitrogens is 2. The fraction of sp³-hybridized carbons (Fsp3) is 0.750. The maximum atomic E-state index is 4.38. The molecule has 0 radical (unpaired) electrons. The van der Waals surface area contributed by atoms with Gasteiger partial charge in [0.25, 0.3) is 0 Å². The molecule has 5 heteroatoms. The lowest BCUT2D eigenvalue weighted by Crippen LogP contribution is -2.52. The van der Waals surface area contributed by atoms with E-state index >= 15 is 0 Å². The van der Waals surface area contributed by atoms with Crippen molar-refractivity contribution < 1.29 is 0 Å². The van der Waals surface area contributed by atoms with E-state index in [1.165, 1.54) is 32.1 Å². The number of fused-ring (bicyclic) bond motifs is 2. The summed E-state index contributed by atoms with van der Waals surface area (Å²) in [5, 5.41) is 6.95. The van der Waals surface area contributed by atoms with Crippen molar-refractivity contribution >= 4 is 11.6 Å². The summed E-state index contributed by atoms with van der Waals surface area (Å²) in [6.07, 6.45) is 9.30. The molecule has 2 aliphatic rings. The lowest BCUT2D eigenvalue weighted by molar-refractivity contribution is 0.0608. The number of rotatable bonds is 5. The Morgan fingerprint density at radius 3 is 2.62 bits per heavy atom. The van der Waals surface area contributed by atoms with Crippen LogP contribution in [0.25, 0.3) is 0 Å². The average Bonchev–Trinajstić information content (AvgIpc) is 2.47. The Kier molecular flexibility index (Phi) is 4.58. The average molecular weight is 289 g/mol. The molecule has 2 saturated heterocycles. The fourth-order valence-corrected chi connectivity index (χ4v) is 3.73. The van der Waals surface area contributed by atoms with Gasteiger partial charge in [-0.15, -0.1) is 0 Å². The molecule has 1 aromatic heterocycles. The first-order chi connectivity index (χ1) is 10.3. The van der Waals surface area contributed by atoms with Gasteiger partial charge < -0.3 is 15.5 Å². The van der Waals surface area contributed by atoms with Crippen molar-refractivity contribution in [3.8, 4) is 0 Å². The molecular weight excluding hydrogens is 262 g/mol. The highest BCUT2D eigenvalue weighted by Gasteiger charge is 2.35. The molecule has 2 unspecified atom stereocenters. The molecule has 2 atom stereocenters. The van der Waals surface area contributed by atoms with Gasteiger partial charge in [-0.3, -0.25) is 0 Å². The highest BCUT2D eigenvalue weighted by atomic mass is 15.2. The number of piperidine rings is 2. The third kappa shape index (κ3) is 3.46. The van der Waals surface area contributed by atoms with Gasteiger partial charge in [0, 0.05) is 30.7 Å². The second-order valence-electron chi connectivity index (χ2n) is 6.43. The zero-order chi connectivity index (χ0) is 14.7. The van der Waals surface area contributed by atoms with E-state index in [4.69, 9.17) is 0 Å². The second kappa shape index (κ2) is 6.60. The van der Waals surface area contributed by atoms with E-state index in [0.29, 0.717) is 6.04 Å². The Balaban J connectivity index is 1.61. The van der Waals surface area contributed by atoms with Gasteiger partial charge in [-0.25, -0.2) is 9.97 Å². The molecule has 1 aromatic rings. The molecule has 0 aliphatic carbocycles. The lowest BCUT2D eigenvalue weighted by Gasteiger charge is -2.47. The molecule has 0 amide bonds. The van der Waals surface area contributed by atoms with Crippen LogP contribution in [0.2, 0.25) is 0 Å². The maximum absolute atomic E-state index is 4.38. The van der Waals surface area contributed by atoms with E-state index in [0.717, 1.165) is 36.7 Å². The van der Waals surface area contributed by atoms with Gasteiger partial charge in [0.2, 0.25) is 0 Å². The smallest absolute Gasteiger partial charge is 0.131 e. The summed E-state index contributed by atoms with van der Waals surface area (Å²) < 4.78 is 0. The predicted octanol–water partition coefficient (Wildman–Crippen LogP) is 2.73. The van der Waals surface area contributed by atoms with Crippen molar-refractivity contribution in [2.75, 3.05) is 24.2 Å². The molecule has 3 rings (SSSR count). The minimum atomic E-state index is 0.547. The summed E-state index contributed by atoms with van der Waals surface area (Å²) >= 11 is 0. The predicted molar refractivity (Wildman–Crippen MR) is 86.6 cm³/mol. The highest BCUT2D eigenvalue weighted by Crippen LogP contribution is 2.33. The van der Waals surface area contributed by atoms with E-state index in [-0.39, 0.29) is 0 Å². The normalized spacial score (nSPS) is 29.1. The van der Waals surface area contributed by atoms with Crippen molar-refractivity contribution in [1.29, 1.82) is 0 Å². The largest absolute Gasteiger partial charge is 0.370 e. The van der Waals surface area contributed by atoms with Crippen molar-refractivity contribution in [1.82, 2.24) is 14.9 Å². The second-order valence-corrected chi connectivity index (χ2v) is 6.43. The summed E-state index contributed by atoms with van der Waals surface area (Å²) in [6, 6.07) is 4.07. The Morgan fingerprint density at radius 2 is 1.90 bits per heavy atom. The van der Waals surface area contributed by atoms with E-state index in [2.05, 4.69) is 39.5 Å². The summed E-state index contributed by atoms with van der Waals surface area (Å²) in [4.78, 5) is 11.2. The van der Waals surface area contributed by atoms with Gasteiger partial charge in [-0.05, 0) is 39.2 Å². The fourth-order valence-electron chi connectivity index (χ4n) is 3.73. The van der Waals surface area contributed by atoms with E-state index in [1.807, 2.05) is 6.07 Å². The molecule has 2 aliphatic heterocycles. The summed E-state index contributed by atoms with van der Waals surface area (Å²) in [5.74, 6) is 1.87. The summed E-state index contributed by atoms with van der Waals surface area (Å²) in [6.45, 7) is 3.11. The maximum Gasteiger partial charge on any atom is 0.131 e. The van der Waals surface area contributed by atoms with Crippen LogP contribution in [0.4, 0.5) is 11.6 Å². The van der Waals surface area contributed by atoms with Gasteiger partial charge in [-0.1, -0.05) is 13.3 Å². The number of nitrogens with zero attached hydrogens (tertiary/aromatic N) is 3. The molecule has 116 valence electrons.